The lowest BCUT2D eigenvalue weighted by atomic mass is 10.0. The molecule has 0 aliphatic carbocycles. The molecule has 2 aromatic carbocycles. The molecule has 0 bridgehead atoms. The van der Waals surface area contributed by atoms with Crippen LogP contribution in [0.3, 0.4) is 0 Å². The van der Waals surface area contributed by atoms with E-state index in [1.54, 1.807) is 7.11 Å². The molecule has 1 aromatic heterocycles. The van der Waals surface area contributed by atoms with Gasteiger partial charge in [0.15, 0.2) is 0 Å². The van der Waals surface area contributed by atoms with E-state index in [1.165, 1.54) is 0 Å². The first kappa shape index (κ1) is 17.5. The van der Waals surface area contributed by atoms with Crippen molar-refractivity contribution in [3.8, 4) is 5.75 Å². The Bertz CT molecular complexity index is 935. The highest BCUT2D eigenvalue weighted by Crippen LogP contribution is 2.33. The highest BCUT2D eigenvalue weighted by atomic mass is 35.5. The number of carbonyl (C=O) groups is 1. The summed E-state index contributed by atoms with van der Waals surface area (Å²) in [6.45, 7) is 1.39. The van der Waals surface area contributed by atoms with Crippen molar-refractivity contribution in [2.75, 3.05) is 19.0 Å². The molecule has 0 saturated heterocycles. The van der Waals surface area contributed by atoms with E-state index in [1.807, 2.05) is 59.5 Å². The van der Waals surface area contributed by atoms with Crippen molar-refractivity contribution in [1.82, 2.24) is 9.47 Å². The van der Waals surface area contributed by atoms with Crippen molar-refractivity contribution in [3.63, 3.8) is 0 Å². The average molecular weight is 382 g/mol. The zero-order valence-electron chi connectivity index (χ0n) is 14.9. The number of rotatable bonds is 3. The summed E-state index contributed by atoms with van der Waals surface area (Å²) in [7, 11) is 1.62. The Balaban J connectivity index is 1.63. The second-order valence-electron chi connectivity index (χ2n) is 6.43. The number of nitrogens with zero attached hydrogens (tertiary/aromatic N) is 2. The van der Waals surface area contributed by atoms with Gasteiger partial charge in [-0.3, -0.25) is 0 Å². The number of aromatic nitrogens is 1. The fourth-order valence-electron chi connectivity index (χ4n) is 3.47. The third-order valence-electron chi connectivity index (χ3n) is 4.83. The van der Waals surface area contributed by atoms with Gasteiger partial charge in [0.1, 0.15) is 5.75 Å². The van der Waals surface area contributed by atoms with Gasteiger partial charge in [-0.05, 0) is 54.1 Å². The second-order valence-corrected chi connectivity index (χ2v) is 6.87. The third-order valence-corrected chi connectivity index (χ3v) is 5.08. The second kappa shape index (κ2) is 7.37. The minimum absolute atomic E-state index is 0.132. The first-order chi connectivity index (χ1) is 13.2. The molecule has 2 amide bonds. The number of hydrogen-bond donors (Lipinski definition) is 1. The van der Waals surface area contributed by atoms with Crippen LogP contribution in [0.15, 0.2) is 66.9 Å². The number of hydrogen-bond acceptors (Lipinski definition) is 2. The van der Waals surface area contributed by atoms with E-state index in [0.717, 1.165) is 29.2 Å². The molecule has 138 valence electrons. The number of methoxy groups -OCH3 is 1. The number of ether oxygens (including phenoxy) is 1. The van der Waals surface area contributed by atoms with E-state index < -0.39 is 0 Å². The molecule has 4 rings (SSSR count). The SMILES string of the molecule is COc1ccc(NC(=O)N2CCn3cccc3C2c2ccc(Cl)cc2)cc1. The lowest BCUT2D eigenvalue weighted by Crippen LogP contribution is -2.44. The first-order valence-electron chi connectivity index (χ1n) is 8.78. The van der Waals surface area contributed by atoms with E-state index in [4.69, 9.17) is 16.3 Å². The Morgan fingerprint density at radius 3 is 2.52 bits per heavy atom. The molecule has 0 fully saturated rings. The molecule has 6 heteroatoms. The summed E-state index contributed by atoms with van der Waals surface area (Å²) in [6.07, 6.45) is 2.05. The molecule has 5 nitrogen and oxygen atoms in total. The molecule has 27 heavy (non-hydrogen) atoms. The number of halogens is 1. The van der Waals surface area contributed by atoms with Crippen LogP contribution < -0.4 is 10.1 Å². The van der Waals surface area contributed by atoms with Crippen molar-refractivity contribution in [2.45, 2.75) is 12.6 Å². The maximum Gasteiger partial charge on any atom is 0.322 e. The maximum absolute atomic E-state index is 13.1. The van der Waals surface area contributed by atoms with E-state index in [0.29, 0.717) is 11.6 Å². The van der Waals surface area contributed by atoms with E-state index in [2.05, 4.69) is 22.1 Å². The summed E-state index contributed by atoms with van der Waals surface area (Å²) < 4.78 is 7.36. The molecular weight excluding hydrogens is 362 g/mol. The zero-order valence-corrected chi connectivity index (χ0v) is 15.7. The quantitative estimate of drug-likeness (QED) is 0.709. The van der Waals surface area contributed by atoms with Crippen LogP contribution in [-0.4, -0.2) is 29.2 Å². The molecule has 1 N–H and O–H groups in total. The minimum Gasteiger partial charge on any atom is -0.497 e. The number of anilines is 1. The van der Waals surface area contributed by atoms with Gasteiger partial charge >= 0.3 is 6.03 Å². The predicted molar refractivity (Wildman–Crippen MR) is 106 cm³/mol. The van der Waals surface area contributed by atoms with Crippen LogP contribution in [0, 0.1) is 0 Å². The third kappa shape index (κ3) is 3.51. The number of nitrogens with one attached hydrogen (secondary N) is 1. The zero-order chi connectivity index (χ0) is 18.8. The molecule has 1 atom stereocenters. The Morgan fingerprint density at radius 2 is 1.81 bits per heavy atom. The Hall–Kier alpha value is -2.92. The Labute approximate surface area is 163 Å². The lowest BCUT2D eigenvalue weighted by Gasteiger charge is -2.37. The number of urea groups is 1. The smallest absolute Gasteiger partial charge is 0.322 e. The van der Waals surface area contributed by atoms with Crippen LogP contribution in [0.4, 0.5) is 10.5 Å². The van der Waals surface area contributed by atoms with Gasteiger partial charge in [-0.2, -0.15) is 0 Å². The summed E-state index contributed by atoms with van der Waals surface area (Å²) in [5.41, 5.74) is 2.86. The fourth-order valence-corrected chi connectivity index (χ4v) is 3.59. The minimum atomic E-state index is -0.163. The van der Waals surface area contributed by atoms with Crippen LogP contribution >= 0.6 is 11.6 Å². The molecule has 3 aromatic rings. The van der Waals surface area contributed by atoms with Gasteiger partial charge in [-0.1, -0.05) is 23.7 Å². The van der Waals surface area contributed by atoms with Crippen molar-refractivity contribution in [2.24, 2.45) is 0 Å². The van der Waals surface area contributed by atoms with Crippen molar-refractivity contribution in [1.29, 1.82) is 0 Å². The largest absolute Gasteiger partial charge is 0.497 e. The van der Waals surface area contributed by atoms with E-state index in [9.17, 15) is 4.79 Å². The van der Waals surface area contributed by atoms with Gasteiger partial charge in [0, 0.05) is 35.7 Å². The predicted octanol–water partition coefficient (Wildman–Crippen LogP) is 4.79. The maximum atomic E-state index is 13.1. The summed E-state index contributed by atoms with van der Waals surface area (Å²) in [4.78, 5) is 14.9. The highest BCUT2D eigenvalue weighted by molar-refractivity contribution is 6.30. The van der Waals surface area contributed by atoms with Crippen molar-refractivity contribution in [3.05, 3.63) is 83.1 Å². The van der Waals surface area contributed by atoms with Gasteiger partial charge in [0.05, 0.1) is 13.2 Å². The van der Waals surface area contributed by atoms with Crippen LogP contribution in [0.2, 0.25) is 5.02 Å². The molecule has 0 saturated carbocycles. The van der Waals surface area contributed by atoms with Gasteiger partial charge in [-0.25, -0.2) is 4.79 Å². The highest BCUT2D eigenvalue weighted by Gasteiger charge is 2.32. The molecular formula is C21H20ClN3O2. The molecule has 0 radical (unpaired) electrons. The van der Waals surface area contributed by atoms with Crippen LogP contribution in [0.1, 0.15) is 17.3 Å². The summed E-state index contributed by atoms with van der Waals surface area (Å²) in [5.74, 6) is 0.753. The van der Waals surface area contributed by atoms with Gasteiger partial charge < -0.3 is 19.5 Å². The number of amides is 2. The monoisotopic (exact) mass is 381 g/mol. The standard InChI is InChI=1S/C21H20ClN3O2/c1-27-18-10-8-17(9-11-18)23-21(26)25-14-13-24-12-2-3-19(24)20(25)15-4-6-16(22)7-5-15/h2-12,20H,13-14H2,1H3,(H,23,26). The summed E-state index contributed by atoms with van der Waals surface area (Å²) in [5, 5.41) is 3.67. The Kier molecular flexibility index (Phi) is 4.77. The molecule has 1 aliphatic heterocycles. The van der Waals surface area contributed by atoms with Crippen molar-refractivity contribution >= 4 is 23.3 Å². The Morgan fingerprint density at radius 1 is 1.07 bits per heavy atom. The van der Waals surface area contributed by atoms with Crippen LogP contribution in [0.25, 0.3) is 0 Å². The summed E-state index contributed by atoms with van der Waals surface area (Å²) in [6, 6.07) is 18.8. The number of benzene rings is 2. The number of carbonyl (C=O) groups excluding carboxylic acids is 1. The fraction of sp³-hybridized carbons (Fsp3) is 0.190. The first-order valence-corrected chi connectivity index (χ1v) is 9.15. The van der Waals surface area contributed by atoms with Gasteiger partial charge in [0.2, 0.25) is 0 Å². The molecule has 0 spiro atoms. The molecule has 1 unspecified atom stereocenters. The van der Waals surface area contributed by atoms with E-state index >= 15 is 0 Å². The normalized spacial score (nSPS) is 15.9. The topological polar surface area (TPSA) is 46.5 Å². The van der Waals surface area contributed by atoms with Crippen LogP contribution in [-0.2, 0) is 6.54 Å². The van der Waals surface area contributed by atoms with Crippen LogP contribution in [0.5, 0.6) is 5.75 Å². The van der Waals surface area contributed by atoms with Gasteiger partial charge in [-0.15, -0.1) is 0 Å². The molecule has 1 aliphatic rings. The lowest BCUT2D eigenvalue weighted by molar-refractivity contribution is 0.182. The van der Waals surface area contributed by atoms with E-state index in [-0.39, 0.29) is 12.1 Å². The molecule has 2 heterocycles. The average Bonchev–Trinajstić information content (AvgIpc) is 3.17. The van der Waals surface area contributed by atoms with Crippen molar-refractivity contribution < 1.29 is 9.53 Å². The summed E-state index contributed by atoms with van der Waals surface area (Å²) >= 11 is 6.05. The number of fused-ring (bicyclic) bond motifs is 1. The van der Waals surface area contributed by atoms with Gasteiger partial charge in [0.25, 0.3) is 0 Å².